The molecule has 3 rings (SSSR count). The lowest BCUT2D eigenvalue weighted by Gasteiger charge is -2.43. The van der Waals surface area contributed by atoms with Crippen LogP contribution in [0.1, 0.15) is 25.0 Å². The van der Waals surface area contributed by atoms with Crippen molar-refractivity contribution in [2.45, 2.75) is 32.8 Å². The van der Waals surface area contributed by atoms with Gasteiger partial charge in [-0.25, -0.2) is 0 Å². The largest absolute Gasteiger partial charge is 0.361 e. The van der Waals surface area contributed by atoms with Gasteiger partial charge in [0.2, 0.25) is 5.91 Å². The molecule has 160 valence electrons. The SMILES string of the molecule is Cc1cccc(-c2ccc(CC3(C(=O)N(C)C)CN(C(=O)C(C)C)CCO3)cc2)c1. The first-order valence-corrected chi connectivity index (χ1v) is 10.5. The van der Waals surface area contributed by atoms with Crippen molar-refractivity contribution in [2.75, 3.05) is 33.8 Å². The molecule has 2 aromatic rings. The zero-order chi connectivity index (χ0) is 21.9. The van der Waals surface area contributed by atoms with Gasteiger partial charge in [-0.05, 0) is 23.6 Å². The number of rotatable bonds is 5. The van der Waals surface area contributed by atoms with E-state index in [1.54, 1.807) is 23.9 Å². The molecule has 0 aliphatic carbocycles. The first kappa shape index (κ1) is 22.0. The topological polar surface area (TPSA) is 49.9 Å². The number of hydrogen-bond acceptors (Lipinski definition) is 3. The monoisotopic (exact) mass is 408 g/mol. The van der Waals surface area contributed by atoms with Gasteiger partial charge in [-0.15, -0.1) is 0 Å². The number of benzene rings is 2. The molecule has 1 aliphatic rings. The minimum atomic E-state index is -1.06. The van der Waals surface area contributed by atoms with Crippen LogP contribution in [0.3, 0.4) is 0 Å². The summed E-state index contributed by atoms with van der Waals surface area (Å²) in [5.41, 5.74) is 3.48. The predicted molar refractivity (Wildman–Crippen MR) is 119 cm³/mol. The Kier molecular flexibility index (Phi) is 6.61. The normalized spacial score (nSPS) is 19.1. The highest BCUT2D eigenvalue weighted by atomic mass is 16.5. The Labute approximate surface area is 179 Å². The quantitative estimate of drug-likeness (QED) is 0.760. The van der Waals surface area contributed by atoms with E-state index in [1.807, 2.05) is 13.8 Å². The fraction of sp³-hybridized carbons (Fsp3) is 0.440. The molecule has 30 heavy (non-hydrogen) atoms. The maximum absolute atomic E-state index is 13.2. The Morgan fingerprint density at radius 1 is 1.10 bits per heavy atom. The average molecular weight is 409 g/mol. The molecule has 0 N–H and O–H groups in total. The second-order valence-corrected chi connectivity index (χ2v) is 8.70. The van der Waals surface area contributed by atoms with Crippen molar-refractivity contribution in [3.63, 3.8) is 0 Å². The summed E-state index contributed by atoms with van der Waals surface area (Å²) < 4.78 is 6.10. The number of ether oxygens (including phenoxy) is 1. The van der Waals surface area contributed by atoms with Crippen molar-refractivity contribution < 1.29 is 14.3 Å². The third kappa shape index (κ3) is 4.73. The molecule has 0 radical (unpaired) electrons. The molecule has 0 aromatic heterocycles. The van der Waals surface area contributed by atoms with Gasteiger partial charge in [0.15, 0.2) is 5.60 Å². The van der Waals surface area contributed by atoms with Crippen molar-refractivity contribution in [2.24, 2.45) is 5.92 Å². The number of likely N-dealkylation sites (N-methyl/N-ethyl adjacent to an activating group) is 1. The van der Waals surface area contributed by atoms with Gasteiger partial charge in [-0.1, -0.05) is 67.9 Å². The van der Waals surface area contributed by atoms with E-state index >= 15 is 0 Å². The minimum absolute atomic E-state index is 0.0593. The molecule has 0 spiro atoms. The molecular formula is C25H32N2O3. The second-order valence-electron chi connectivity index (χ2n) is 8.70. The molecule has 1 unspecified atom stereocenters. The van der Waals surface area contributed by atoms with Crippen LogP contribution in [0.2, 0.25) is 0 Å². The molecule has 0 saturated carbocycles. The summed E-state index contributed by atoms with van der Waals surface area (Å²) in [7, 11) is 3.47. The molecule has 5 heteroatoms. The lowest BCUT2D eigenvalue weighted by molar-refractivity contribution is -0.173. The van der Waals surface area contributed by atoms with E-state index in [4.69, 9.17) is 4.74 Å². The lowest BCUT2D eigenvalue weighted by Crippen LogP contribution is -2.62. The Balaban J connectivity index is 1.87. The van der Waals surface area contributed by atoms with Gasteiger partial charge in [0.05, 0.1) is 13.2 Å². The van der Waals surface area contributed by atoms with Crippen molar-refractivity contribution in [1.82, 2.24) is 9.80 Å². The van der Waals surface area contributed by atoms with E-state index in [-0.39, 0.29) is 24.3 Å². The van der Waals surface area contributed by atoms with Crippen LogP contribution in [-0.4, -0.2) is 61.0 Å². The summed E-state index contributed by atoms with van der Waals surface area (Å²) in [6.07, 6.45) is 0.431. The molecular weight excluding hydrogens is 376 g/mol. The standard InChI is InChI=1S/C25H32N2O3/c1-18(2)23(28)27-13-14-30-25(17-27,24(29)26(4)5)16-20-9-11-21(12-10-20)22-8-6-7-19(3)15-22/h6-12,15,18H,13-14,16-17H2,1-5H3. The van der Waals surface area contributed by atoms with E-state index in [0.29, 0.717) is 19.6 Å². The van der Waals surface area contributed by atoms with Crippen molar-refractivity contribution in [1.29, 1.82) is 0 Å². The molecule has 2 amide bonds. The van der Waals surface area contributed by atoms with Gasteiger partial charge >= 0.3 is 0 Å². The maximum atomic E-state index is 13.2. The van der Waals surface area contributed by atoms with Crippen LogP contribution in [0.5, 0.6) is 0 Å². The first-order chi connectivity index (χ1) is 14.2. The van der Waals surface area contributed by atoms with E-state index in [0.717, 1.165) is 11.1 Å². The number of morpholine rings is 1. The first-order valence-electron chi connectivity index (χ1n) is 10.5. The summed E-state index contributed by atoms with van der Waals surface area (Å²) >= 11 is 0. The number of amides is 2. The number of carbonyl (C=O) groups excluding carboxylic acids is 2. The fourth-order valence-corrected chi connectivity index (χ4v) is 4.03. The Morgan fingerprint density at radius 3 is 2.40 bits per heavy atom. The molecule has 1 aliphatic heterocycles. The molecule has 5 nitrogen and oxygen atoms in total. The van der Waals surface area contributed by atoms with Crippen LogP contribution in [-0.2, 0) is 20.7 Å². The minimum Gasteiger partial charge on any atom is -0.361 e. The van der Waals surface area contributed by atoms with Crippen LogP contribution in [0.4, 0.5) is 0 Å². The summed E-state index contributed by atoms with van der Waals surface area (Å²) in [4.78, 5) is 29.1. The van der Waals surface area contributed by atoms with Crippen molar-refractivity contribution in [3.05, 3.63) is 59.7 Å². The summed E-state index contributed by atoms with van der Waals surface area (Å²) in [5.74, 6) is -0.153. The van der Waals surface area contributed by atoms with Gasteiger partial charge in [-0.3, -0.25) is 9.59 Å². The third-order valence-electron chi connectivity index (χ3n) is 5.58. The molecule has 1 fully saturated rings. The molecule has 1 heterocycles. The molecule has 1 saturated heterocycles. The number of aryl methyl sites for hydroxylation is 1. The Hall–Kier alpha value is -2.66. The van der Waals surface area contributed by atoms with E-state index in [1.165, 1.54) is 11.1 Å². The summed E-state index contributed by atoms with van der Waals surface area (Å²) in [6, 6.07) is 16.7. The number of carbonyl (C=O) groups is 2. The number of nitrogens with zero attached hydrogens (tertiary/aromatic N) is 2. The van der Waals surface area contributed by atoms with Crippen molar-refractivity contribution >= 4 is 11.8 Å². The van der Waals surface area contributed by atoms with Crippen LogP contribution >= 0.6 is 0 Å². The highest BCUT2D eigenvalue weighted by Crippen LogP contribution is 2.28. The Bertz CT molecular complexity index is 905. The smallest absolute Gasteiger partial charge is 0.256 e. The van der Waals surface area contributed by atoms with Gasteiger partial charge in [0, 0.05) is 33.0 Å². The molecule has 0 bridgehead atoms. The van der Waals surface area contributed by atoms with E-state index < -0.39 is 5.60 Å². The summed E-state index contributed by atoms with van der Waals surface area (Å²) in [6.45, 7) is 7.01. The number of hydrogen-bond donors (Lipinski definition) is 0. The zero-order valence-electron chi connectivity index (χ0n) is 18.6. The molecule has 2 aromatic carbocycles. The van der Waals surface area contributed by atoms with Crippen LogP contribution in [0, 0.1) is 12.8 Å². The van der Waals surface area contributed by atoms with Crippen LogP contribution < -0.4 is 0 Å². The highest BCUT2D eigenvalue weighted by molar-refractivity contribution is 5.87. The van der Waals surface area contributed by atoms with Crippen LogP contribution in [0.15, 0.2) is 48.5 Å². The second kappa shape index (κ2) is 9.00. The van der Waals surface area contributed by atoms with Crippen molar-refractivity contribution in [3.8, 4) is 11.1 Å². The molecule has 1 atom stereocenters. The summed E-state index contributed by atoms with van der Waals surface area (Å²) in [5, 5.41) is 0. The van der Waals surface area contributed by atoms with Gasteiger partial charge in [-0.2, -0.15) is 0 Å². The van der Waals surface area contributed by atoms with Gasteiger partial charge < -0.3 is 14.5 Å². The van der Waals surface area contributed by atoms with E-state index in [9.17, 15) is 9.59 Å². The highest BCUT2D eigenvalue weighted by Gasteiger charge is 2.46. The fourth-order valence-electron chi connectivity index (χ4n) is 4.03. The Morgan fingerprint density at radius 2 is 1.80 bits per heavy atom. The van der Waals surface area contributed by atoms with Gasteiger partial charge in [0.1, 0.15) is 0 Å². The van der Waals surface area contributed by atoms with Crippen LogP contribution in [0.25, 0.3) is 11.1 Å². The predicted octanol–water partition coefficient (Wildman–Crippen LogP) is 3.55. The average Bonchev–Trinajstić information content (AvgIpc) is 2.73. The maximum Gasteiger partial charge on any atom is 0.256 e. The lowest BCUT2D eigenvalue weighted by atomic mass is 9.89. The zero-order valence-corrected chi connectivity index (χ0v) is 18.6. The van der Waals surface area contributed by atoms with Gasteiger partial charge in [0.25, 0.3) is 5.91 Å². The third-order valence-corrected chi connectivity index (χ3v) is 5.58. The van der Waals surface area contributed by atoms with E-state index in [2.05, 4.69) is 55.5 Å².